The molecule has 1 aromatic heterocycles. The van der Waals surface area contributed by atoms with Gasteiger partial charge in [0.2, 0.25) is 0 Å². The van der Waals surface area contributed by atoms with E-state index in [1.165, 1.54) is 19.3 Å². The Hall–Kier alpha value is -0.990. The van der Waals surface area contributed by atoms with Crippen molar-refractivity contribution in [3.05, 3.63) is 35.0 Å². The van der Waals surface area contributed by atoms with Gasteiger partial charge in [-0.05, 0) is 43.0 Å². The molecule has 3 heteroatoms. The fourth-order valence-electron chi connectivity index (χ4n) is 2.86. The van der Waals surface area contributed by atoms with Crippen molar-refractivity contribution in [3.63, 3.8) is 0 Å². The number of hydrogen-bond donors (Lipinski definition) is 1. The van der Waals surface area contributed by atoms with Crippen molar-refractivity contribution in [2.24, 2.45) is 5.92 Å². The number of fused-ring (bicyclic) bond motifs is 1. The molecule has 96 valence electrons. The van der Waals surface area contributed by atoms with Crippen molar-refractivity contribution >= 4 is 22.6 Å². The van der Waals surface area contributed by atoms with Gasteiger partial charge in [-0.25, -0.2) is 0 Å². The van der Waals surface area contributed by atoms with Gasteiger partial charge in [0.1, 0.15) is 17.4 Å². The van der Waals surface area contributed by atoms with E-state index in [-0.39, 0.29) is 0 Å². The van der Waals surface area contributed by atoms with Gasteiger partial charge < -0.3 is 9.52 Å². The number of hydrogen-bond acceptors (Lipinski definition) is 2. The fourth-order valence-corrected chi connectivity index (χ4v) is 3.04. The Kier molecular flexibility index (Phi) is 3.31. The molecular weight excluding hydrogens is 248 g/mol. The van der Waals surface area contributed by atoms with Gasteiger partial charge in [-0.3, -0.25) is 0 Å². The predicted molar refractivity (Wildman–Crippen MR) is 72.8 cm³/mol. The first-order valence-corrected chi connectivity index (χ1v) is 6.99. The van der Waals surface area contributed by atoms with Gasteiger partial charge in [-0.2, -0.15) is 0 Å². The molecule has 2 nitrogen and oxygen atoms in total. The minimum absolute atomic E-state index is 0.342. The minimum Gasteiger partial charge on any atom is -0.458 e. The zero-order valence-corrected chi connectivity index (χ0v) is 11.0. The van der Waals surface area contributed by atoms with Crippen LogP contribution in [-0.4, -0.2) is 5.11 Å². The first-order valence-electron chi connectivity index (χ1n) is 6.61. The molecule has 1 atom stereocenters. The topological polar surface area (TPSA) is 33.4 Å². The number of halogens is 1. The van der Waals surface area contributed by atoms with E-state index >= 15 is 0 Å². The van der Waals surface area contributed by atoms with Crippen LogP contribution >= 0.6 is 11.6 Å². The molecule has 1 N–H and O–H groups in total. The van der Waals surface area contributed by atoms with Crippen LogP contribution in [0.15, 0.2) is 28.7 Å². The highest BCUT2D eigenvalue weighted by atomic mass is 35.5. The molecule has 1 saturated carbocycles. The van der Waals surface area contributed by atoms with Gasteiger partial charge in [0.25, 0.3) is 0 Å². The van der Waals surface area contributed by atoms with Crippen LogP contribution in [0.5, 0.6) is 0 Å². The second kappa shape index (κ2) is 4.94. The van der Waals surface area contributed by atoms with Crippen LogP contribution in [0.2, 0.25) is 5.02 Å². The first-order chi connectivity index (χ1) is 8.74. The molecule has 0 bridgehead atoms. The van der Waals surface area contributed by atoms with Crippen LogP contribution in [0.25, 0.3) is 11.0 Å². The summed E-state index contributed by atoms with van der Waals surface area (Å²) < 4.78 is 5.73. The van der Waals surface area contributed by atoms with E-state index in [0.29, 0.717) is 16.7 Å². The van der Waals surface area contributed by atoms with Crippen molar-refractivity contribution in [1.29, 1.82) is 0 Å². The standard InChI is InChI=1S/C15H17ClO2/c16-12-6-7-13-11(8-12)9-14(18-13)15(17)10-4-2-1-3-5-10/h6-10,15,17H,1-5H2. The second-order valence-electron chi connectivity index (χ2n) is 5.17. The molecule has 0 aliphatic heterocycles. The lowest BCUT2D eigenvalue weighted by Crippen LogP contribution is -2.15. The second-order valence-corrected chi connectivity index (χ2v) is 5.61. The summed E-state index contributed by atoms with van der Waals surface area (Å²) in [6.07, 6.45) is 5.44. The summed E-state index contributed by atoms with van der Waals surface area (Å²) in [7, 11) is 0. The quantitative estimate of drug-likeness (QED) is 0.853. The zero-order valence-electron chi connectivity index (χ0n) is 10.2. The first kappa shape index (κ1) is 12.1. The SMILES string of the molecule is OC(c1cc2cc(Cl)ccc2o1)C1CCCCC1. The van der Waals surface area contributed by atoms with Crippen molar-refractivity contribution in [2.45, 2.75) is 38.2 Å². The summed E-state index contributed by atoms with van der Waals surface area (Å²) in [6, 6.07) is 7.46. The van der Waals surface area contributed by atoms with Crippen LogP contribution < -0.4 is 0 Å². The van der Waals surface area contributed by atoms with Crippen LogP contribution in [0.3, 0.4) is 0 Å². The Bertz CT molecular complexity index is 540. The average molecular weight is 265 g/mol. The third-order valence-electron chi connectivity index (χ3n) is 3.89. The highest BCUT2D eigenvalue weighted by Gasteiger charge is 2.25. The van der Waals surface area contributed by atoms with E-state index in [0.717, 1.165) is 23.8 Å². The van der Waals surface area contributed by atoms with Crippen molar-refractivity contribution in [1.82, 2.24) is 0 Å². The van der Waals surface area contributed by atoms with Gasteiger partial charge in [-0.15, -0.1) is 0 Å². The molecule has 18 heavy (non-hydrogen) atoms. The van der Waals surface area contributed by atoms with E-state index in [2.05, 4.69) is 0 Å². The summed E-state index contributed by atoms with van der Waals surface area (Å²) in [5, 5.41) is 12.1. The van der Waals surface area contributed by atoms with Gasteiger partial charge in [0, 0.05) is 10.4 Å². The third-order valence-corrected chi connectivity index (χ3v) is 4.12. The maximum absolute atomic E-state index is 10.4. The predicted octanol–water partition coefficient (Wildman–Crippen LogP) is 4.70. The van der Waals surface area contributed by atoms with E-state index in [9.17, 15) is 5.11 Å². The maximum Gasteiger partial charge on any atom is 0.134 e. The lowest BCUT2D eigenvalue weighted by atomic mass is 9.84. The van der Waals surface area contributed by atoms with E-state index < -0.39 is 6.10 Å². The Morgan fingerprint density at radius 2 is 1.94 bits per heavy atom. The highest BCUT2D eigenvalue weighted by Crippen LogP contribution is 2.36. The Labute approximate surface area is 112 Å². The van der Waals surface area contributed by atoms with Gasteiger partial charge in [-0.1, -0.05) is 30.9 Å². The van der Waals surface area contributed by atoms with Crippen LogP contribution in [0.1, 0.15) is 44.0 Å². The average Bonchev–Trinajstić information content (AvgIpc) is 2.81. The Morgan fingerprint density at radius 3 is 2.72 bits per heavy atom. The fraction of sp³-hybridized carbons (Fsp3) is 0.467. The summed E-state index contributed by atoms with van der Waals surface area (Å²) >= 11 is 5.95. The van der Waals surface area contributed by atoms with E-state index in [1.54, 1.807) is 0 Å². The molecule has 1 fully saturated rings. The molecule has 0 saturated heterocycles. The third kappa shape index (κ3) is 2.27. The maximum atomic E-state index is 10.4. The lowest BCUT2D eigenvalue weighted by Gasteiger charge is -2.25. The van der Waals surface area contributed by atoms with Crippen molar-refractivity contribution in [3.8, 4) is 0 Å². The molecule has 0 radical (unpaired) electrons. The molecule has 1 aliphatic carbocycles. The lowest BCUT2D eigenvalue weighted by molar-refractivity contribution is 0.0668. The van der Waals surface area contributed by atoms with Gasteiger partial charge >= 0.3 is 0 Å². The summed E-state index contributed by atoms with van der Waals surface area (Å²) in [5.74, 6) is 1.02. The molecule has 1 unspecified atom stereocenters. The molecule has 3 rings (SSSR count). The number of furan rings is 1. The minimum atomic E-state index is -0.475. The molecule has 1 aromatic carbocycles. The monoisotopic (exact) mass is 264 g/mol. The molecule has 0 amide bonds. The normalized spacial score (nSPS) is 19.2. The molecule has 1 heterocycles. The van der Waals surface area contributed by atoms with Gasteiger partial charge in [0.15, 0.2) is 0 Å². The highest BCUT2D eigenvalue weighted by molar-refractivity contribution is 6.31. The summed E-state index contributed by atoms with van der Waals surface area (Å²) in [5.41, 5.74) is 0.796. The molecule has 0 spiro atoms. The van der Waals surface area contributed by atoms with Crippen LogP contribution in [-0.2, 0) is 0 Å². The molecule has 1 aliphatic rings. The van der Waals surface area contributed by atoms with Gasteiger partial charge in [0.05, 0.1) is 0 Å². The van der Waals surface area contributed by atoms with E-state index in [1.807, 2.05) is 24.3 Å². The zero-order chi connectivity index (χ0) is 12.5. The summed E-state index contributed by atoms with van der Waals surface area (Å²) in [6.45, 7) is 0. The molecular formula is C15H17ClO2. The Balaban J connectivity index is 1.88. The number of benzene rings is 1. The Morgan fingerprint density at radius 1 is 1.17 bits per heavy atom. The van der Waals surface area contributed by atoms with Crippen molar-refractivity contribution < 1.29 is 9.52 Å². The summed E-state index contributed by atoms with van der Waals surface area (Å²) in [4.78, 5) is 0. The van der Waals surface area contributed by atoms with E-state index in [4.69, 9.17) is 16.0 Å². The smallest absolute Gasteiger partial charge is 0.134 e. The molecule has 2 aromatic rings. The number of rotatable bonds is 2. The van der Waals surface area contributed by atoms with Crippen LogP contribution in [0.4, 0.5) is 0 Å². The van der Waals surface area contributed by atoms with Crippen LogP contribution in [0, 0.1) is 5.92 Å². The van der Waals surface area contributed by atoms with Crippen molar-refractivity contribution in [2.75, 3.05) is 0 Å². The number of aliphatic hydroxyl groups is 1. The number of aliphatic hydroxyl groups excluding tert-OH is 1. The largest absolute Gasteiger partial charge is 0.458 e.